The van der Waals surface area contributed by atoms with Crippen LogP contribution in [0.3, 0.4) is 0 Å². The van der Waals surface area contributed by atoms with Crippen LogP contribution in [0.5, 0.6) is 0 Å². The highest BCUT2D eigenvalue weighted by molar-refractivity contribution is 6.11. The van der Waals surface area contributed by atoms with Crippen LogP contribution in [0.4, 0.5) is 0 Å². The lowest BCUT2D eigenvalue weighted by atomic mass is 10.2. The summed E-state index contributed by atoms with van der Waals surface area (Å²) in [4.78, 5) is 17.8. The van der Waals surface area contributed by atoms with Gasteiger partial charge in [0.25, 0.3) is 0 Å². The van der Waals surface area contributed by atoms with Gasteiger partial charge in [-0.25, -0.2) is 9.79 Å². The number of hydrogen-bond acceptors (Lipinski definition) is 4. The molecule has 1 aliphatic heterocycles. The first-order valence-corrected chi connectivity index (χ1v) is 5.34. The summed E-state index contributed by atoms with van der Waals surface area (Å²) in [6.07, 6.45) is 0. The van der Waals surface area contributed by atoms with Gasteiger partial charge in [0, 0.05) is 25.4 Å². The summed E-state index contributed by atoms with van der Waals surface area (Å²) < 4.78 is 5.16. The van der Waals surface area contributed by atoms with Gasteiger partial charge in [0.15, 0.2) is 5.70 Å². The van der Waals surface area contributed by atoms with Crippen molar-refractivity contribution in [2.75, 3.05) is 14.1 Å². The highest BCUT2D eigenvalue weighted by Crippen LogP contribution is 2.19. The Bertz CT molecular complexity index is 501. The van der Waals surface area contributed by atoms with Crippen LogP contribution in [-0.4, -0.2) is 30.9 Å². The van der Waals surface area contributed by atoms with E-state index in [4.69, 9.17) is 4.74 Å². The number of cyclic esters (lactones) is 1. The highest BCUT2D eigenvalue weighted by atomic mass is 16.6. The largest absolute Gasteiger partial charge is 0.402 e. The van der Waals surface area contributed by atoms with E-state index < -0.39 is 5.97 Å². The molecule has 1 aliphatic rings. The normalized spacial score (nSPS) is 17.6. The maximum atomic E-state index is 11.7. The van der Waals surface area contributed by atoms with Crippen molar-refractivity contribution in [1.82, 2.24) is 4.90 Å². The number of ether oxygens (including phenoxy) is 1. The van der Waals surface area contributed by atoms with Crippen LogP contribution >= 0.6 is 0 Å². The molecule has 0 N–H and O–H groups in total. The first-order chi connectivity index (χ1) is 8.09. The molecule has 0 aromatic heterocycles. The minimum atomic E-state index is -0.393. The van der Waals surface area contributed by atoms with E-state index in [0.29, 0.717) is 11.6 Å². The highest BCUT2D eigenvalue weighted by Gasteiger charge is 2.26. The lowest BCUT2D eigenvalue weighted by molar-refractivity contribution is -0.130. The molecule has 0 bridgehead atoms. The number of hydrogen-bond donors (Lipinski definition) is 0. The third-order valence-corrected chi connectivity index (χ3v) is 2.63. The summed E-state index contributed by atoms with van der Waals surface area (Å²) in [7, 11) is 3.73. The summed E-state index contributed by atoms with van der Waals surface area (Å²) in [5, 5.41) is 0. The molecule has 0 amide bonds. The number of carbonyl (C=O) groups is 1. The molecule has 0 spiro atoms. The van der Waals surface area contributed by atoms with Crippen LogP contribution in [-0.2, 0) is 9.53 Å². The Morgan fingerprint density at radius 2 is 1.88 bits per heavy atom. The van der Waals surface area contributed by atoms with E-state index in [1.54, 1.807) is 0 Å². The van der Waals surface area contributed by atoms with E-state index in [9.17, 15) is 4.79 Å². The van der Waals surface area contributed by atoms with Crippen molar-refractivity contribution in [2.45, 2.75) is 6.92 Å². The fourth-order valence-electron chi connectivity index (χ4n) is 1.45. The minimum absolute atomic E-state index is 0.367. The molecule has 0 aliphatic carbocycles. The van der Waals surface area contributed by atoms with Gasteiger partial charge in [-0.3, -0.25) is 0 Å². The van der Waals surface area contributed by atoms with E-state index in [2.05, 4.69) is 4.99 Å². The van der Waals surface area contributed by atoms with Crippen LogP contribution in [0, 0.1) is 0 Å². The Balaban J connectivity index is 2.39. The van der Waals surface area contributed by atoms with Gasteiger partial charge in [-0.2, -0.15) is 0 Å². The van der Waals surface area contributed by atoms with Gasteiger partial charge < -0.3 is 9.64 Å². The van der Waals surface area contributed by atoms with Crippen LogP contribution in [0.1, 0.15) is 12.5 Å². The zero-order chi connectivity index (χ0) is 12.4. The molecule has 88 valence electrons. The zero-order valence-electron chi connectivity index (χ0n) is 10.1. The number of carbonyl (C=O) groups excluding carboxylic acids is 1. The van der Waals surface area contributed by atoms with E-state index in [-0.39, 0.29) is 0 Å². The first kappa shape index (κ1) is 11.4. The Hall–Kier alpha value is -2.10. The molecule has 0 saturated heterocycles. The van der Waals surface area contributed by atoms with Crippen molar-refractivity contribution in [2.24, 2.45) is 4.99 Å². The van der Waals surface area contributed by atoms with E-state index in [0.717, 1.165) is 11.3 Å². The van der Waals surface area contributed by atoms with Crippen molar-refractivity contribution >= 4 is 11.9 Å². The molecule has 0 unspecified atom stereocenters. The smallest absolute Gasteiger partial charge is 0.365 e. The van der Waals surface area contributed by atoms with Crippen LogP contribution in [0.2, 0.25) is 0 Å². The number of esters is 1. The van der Waals surface area contributed by atoms with Gasteiger partial charge in [-0.1, -0.05) is 18.2 Å². The molecular formula is C13H14N2O2. The van der Waals surface area contributed by atoms with Crippen LogP contribution < -0.4 is 0 Å². The molecular weight excluding hydrogens is 216 g/mol. The second-order valence-corrected chi connectivity index (χ2v) is 4.00. The standard InChI is InChI=1S/C13H14N2O2/c1-9(15(2)3)11-13(16)17-12(14-11)10-7-5-4-6-8-10/h4-8H,1-3H3. The zero-order valence-corrected chi connectivity index (χ0v) is 10.1. The molecule has 0 radical (unpaired) electrons. The Kier molecular flexibility index (Phi) is 2.95. The molecule has 1 aromatic carbocycles. The third kappa shape index (κ3) is 2.20. The molecule has 0 atom stereocenters. The van der Waals surface area contributed by atoms with Gasteiger partial charge >= 0.3 is 5.97 Å². The summed E-state index contributed by atoms with van der Waals surface area (Å²) in [5.41, 5.74) is 1.97. The van der Waals surface area contributed by atoms with Gasteiger partial charge in [-0.05, 0) is 19.1 Å². The topological polar surface area (TPSA) is 41.9 Å². The van der Waals surface area contributed by atoms with Crippen molar-refractivity contribution < 1.29 is 9.53 Å². The lowest BCUT2D eigenvalue weighted by Gasteiger charge is -2.12. The maximum absolute atomic E-state index is 11.7. The molecule has 2 rings (SSSR count). The second-order valence-electron chi connectivity index (χ2n) is 4.00. The summed E-state index contributed by atoms with van der Waals surface area (Å²) in [6.45, 7) is 1.84. The Morgan fingerprint density at radius 1 is 1.24 bits per heavy atom. The van der Waals surface area contributed by atoms with Gasteiger partial charge in [0.1, 0.15) is 0 Å². The summed E-state index contributed by atoms with van der Waals surface area (Å²) >= 11 is 0. The van der Waals surface area contributed by atoms with Gasteiger partial charge in [-0.15, -0.1) is 0 Å². The van der Waals surface area contributed by atoms with Gasteiger partial charge in [0.05, 0.1) is 0 Å². The van der Waals surface area contributed by atoms with Crippen molar-refractivity contribution in [3.8, 4) is 0 Å². The molecule has 4 nitrogen and oxygen atoms in total. The molecule has 1 heterocycles. The quantitative estimate of drug-likeness (QED) is 0.574. The molecule has 4 heteroatoms. The summed E-state index contributed by atoms with van der Waals surface area (Å²) in [6, 6.07) is 9.39. The van der Waals surface area contributed by atoms with E-state index in [1.165, 1.54) is 0 Å². The molecule has 0 saturated carbocycles. The van der Waals surface area contributed by atoms with Gasteiger partial charge in [0.2, 0.25) is 5.90 Å². The fourth-order valence-corrected chi connectivity index (χ4v) is 1.45. The summed E-state index contributed by atoms with van der Waals surface area (Å²) in [5.74, 6) is -0.0261. The van der Waals surface area contributed by atoms with Crippen LogP contribution in [0.25, 0.3) is 0 Å². The average Bonchev–Trinajstić information content (AvgIpc) is 2.71. The number of benzene rings is 1. The number of rotatable bonds is 2. The fraction of sp³-hybridized carbons (Fsp3) is 0.231. The van der Waals surface area contributed by atoms with Crippen molar-refractivity contribution in [1.29, 1.82) is 0 Å². The Morgan fingerprint density at radius 3 is 2.47 bits per heavy atom. The molecule has 17 heavy (non-hydrogen) atoms. The van der Waals surface area contributed by atoms with Crippen molar-refractivity contribution in [3.63, 3.8) is 0 Å². The lowest BCUT2D eigenvalue weighted by Crippen LogP contribution is -2.13. The Labute approximate surface area is 100 Å². The molecule has 1 aromatic rings. The number of allylic oxidation sites excluding steroid dienone is 1. The van der Waals surface area contributed by atoms with Crippen molar-refractivity contribution in [3.05, 3.63) is 47.3 Å². The molecule has 0 fully saturated rings. The average molecular weight is 230 g/mol. The van der Waals surface area contributed by atoms with Crippen LogP contribution in [0.15, 0.2) is 46.7 Å². The number of aliphatic imine (C=N–C) groups is 1. The number of nitrogens with zero attached hydrogens (tertiary/aromatic N) is 2. The second kappa shape index (κ2) is 4.41. The monoisotopic (exact) mass is 230 g/mol. The predicted octanol–water partition coefficient (Wildman–Crippen LogP) is 1.78. The minimum Gasteiger partial charge on any atom is -0.402 e. The van der Waals surface area contributed by atoms with E-state index >= 15 is 0 Å². The third-order valence-electron chi connectivity index (χ3n) is 2.63. The maximum Gasteiger partial charge on any atom is 0.365 e. The van der Waals surface area contributed by atoms with E-state index in [1.807, 2.05) is 56.3 Å². The predicted molar refractivity (Wildman–Crippen MR) is 65.5 cm³/mol. The first-order valence-electron chi connectivity index (χ1n) is 5.34. The SMILES string of the molecule is CC(=C1N=C(c2ccccc2)OC1=O)N(C)C.